The fourth-order valence-electron chi connectivity index (χ4n) is 13.1. The summed E-state index contributed by atoms with van der Waals surface area (Å²) < 4.78 is 272. The molecule has 614 valence electrons. The highest BCUT2D eigenvalue weighted by Gasteiger charge is 2.40. The van der Waals surface area contributed by atoms with Gasteiger partial charge in [-0.15, -0.1) is 0 Å². The number of rotatable bonds is 12. The second-order valence-electron chi connectivity index (χ2n) is 28.8. The number of alkyl halides is 18. The van der Waals surface area contributed by atoms with Gasteiger partial charge >= 0.3 is 37.1 Å². The van der Waals surface area contributed by atoms with Gasteiger partial charge in [0.15, 0.2) is 0 Å². The predicted molar refractivity (Wildman–Crippen MR) is 428 cm³/mol. The van der Waals surface area contributed by atoms with E-state index in [1.165, 1.54) is 147 Å². The molecule has 12 aromatic rings. The smallest absolute Gasteiger partial charge is 0.344 e. The van der Waals surface area contributed by atoms with Gasteiger partial charge in [0.1, 0.15) is 11.6 Å². The maximum Gasteiger partial charge on any atom is 0.418 e. The number of anilines is 8. The monoisotopic (exact) mass is 1630 g/mol. The molecular formula is C93H82F20N4. The van der Waals surface area contributed by atoms with Crippen molar-refractivity contribution in [1.29, 1.82) is 0 Å². The third-order valence-corrected chi connectivity index (χ3v) is 20.3. The fraction of sp³-hybridized carbons (Fsp3) is 0.226. The van der Waals surface area contributed by atoms with Crippen LogP contribution >= 0.6 is 0 Å². The molecule has 0 radical (unpaired) electrons. The average Bonchev–Trinajstić information content (AvgIpc) is 0.781. The van der Waals surface area contributed by atoms with E-state index >= 15 is 0 Å². The van der Waals surface area contributed by atoms with E-state index in [9.17, 15) is 87.8 Å². The SMILES string of the molecule is Cc1ccc(N(C)c2ccc(-c3ccc(C)c(C(F)(F)F)c3)cc2C(F)(F)F)c(C)c1.Cc1ccc(N(C)c2ccc(-c3ccc(C)c(C(F)(F)F)c3)cc2C(F)(F)F)cc1.Cc1ccc(N(C)c2ccc(-c3ccc(C)c(C(F)(F)F)c3)cc2C(F)(F)F)cc1C.Cc1ccc(N(C)c2ccc(-c3ccc(C)c(F)c3)cc2F)cc1C. The number of nitrogens with zero attached hydrogens (tertiary/aromatic N) is 4. The molecule has 117 heavy (non-hydrogen) atoms. The van der Waals surface area contributed by atoms with Gasteiger partial charge in [0.05, 0.1) is 56.1 Å². The minimum absolute atomic E-state index is 0.0121. The van der Waals surface area contributed by atoms with E-state index in [1.807, 2.05) is 96.0 Å². The summed E-state index contributed by atoms with van der Waals surface area (Å²) in [6, 6.07) is 55.2. The topological polar surface area (TPSA) is 13.0 Å². The van der Waals surface area contributed by atoms with Crippen LogP contribution in [0, 0.1) is 87.8 Å². The van der Waals surface area contributed by atoms with Crippen molar-refractivity contribution in [3.63, 3.8) is 0 Å². The van der Waals surface area contributed by atoms with Gasteiger partial charge in [-0.2, -0.15) is 79.0 Å². The van der Waals surface area contributed by atoms with Crippen LogP contribution in [0.15, 0.2) is 224 Å². The van der Waals surface area contributed by atoms with Crippen molar-refractivity contribution in [2.75, 3.05) is 47.8 Å². The standard InChI is InChI=1S/2C24H21F6N.C23H19F6N.C22H21F2N/c1-14-5-9-21(16(3)11-14)31(4)22-10-8-18(13-20(22)24(28,29)30)17-7-6-15(2)19(12-17)23(25,26)27;1-14-6-9-19(11-16(14)3)31(4)22-10-8-18(13-21(22)24(28,29)30)17-7-5-15(2)20(12-17)23(25,26)27;1-14-4-9-18(10-5-14)30(3)21-11-8-17(13-20(21)23(27,28)29)16-7-6-15(2)19(12-16)22(24,25)26;1-14-6-9-19(11-16(14)3)25(4)22-10-8-18(13-21(22)24)17-7-5-15(2)20(23)12-17/h2*5-13H,1-4H3;4-13H,1-3H3;5-13H,1-4H3. The van der Waals surface area contributed by atoms with Crippen molar-refractivity contribution in [2.45, 2.75) is 113 Å². The van der Waals surface area contributed by atoms with Gasteiger partial charge in [-0.25, -0.2) is 8.78 Å². The van der Waals surface area contributed by atoms with Crippen molar-refractivity contribution in [3.8, 4) is 44.5 Å². The Bertz CT molecular complexity index is 5570. The number of hydrogen-bond donors (Lipinski definition) is 0. The van der Waals surface area contributed by atoms with E-state index in [2.05, 4.69) is 6.92 Å². The molecule has 4 nitrogen and oxygen atoms in total. The first-order chi connectivity index (χ1) is 54.3. The van der Waals surface area contributed by atoms with Gasteiger partial charge in [-0.05, 0) is 286 Å². The number of halogens is 20. The first kappa shape index (κ1) is 89.4. The van der Waals surface area contributed by atoms with E-state index in [4.69, 9.17) is 0 Å². The molecule has 0 atom stereocenters. The zero-order valence-electron chi connectivity index (χ0n) is 66.2. The summed E-state index contributed by atoms with van der Waals surface area (Å²) >= 11 is 0. The Morgan fingerprint density at radius 3 is 0.744 bits per heavy atom. The number of aryl methyl sites for hydroxylation is 11. The second kappa shape index (κ2) is 35.1. The maximum atomic E-state index is 14.7. The molecular weight excluding hydrogens is 1550 g/mol. The normalized spacial score (nSPS) is 11.9. The molecule has 0 amide bonds. The van der Waals surface area contributed by atoms with E-state index in [0.717, 1.165) is 75.5 Å². The van der Waals surface area contributed by atoms with E-state index < -0.39 is 70.4 Å². The van der Waals surface area contributed by atoms with Crippen molar-refractivity contribution in [1.82, 2.24) is 0 Å². The Hall–Kier alpha value is -11.6. The van der Waals surface area contributed by atoms with Crippen LogP contribution in [0.5, 0.6) is 0 Å². The number of hydrogen-bond acceptors (Lipinski definition) is 4. The molecule has 0 aromatic heterocycles. The van der Waals surface area contributed by atoms with Crippen LogP contribution in [-0.2, 0) is 37.1 Å². The molecule has 0 bridgehead atoms. The Morgan fingerprint density at radius 2 is 0.427 bits per heavy atom. The van der Waals surface area contributed by atoms with Crippen LogP contribution in [0.4, 0.5) is 133 Å². The van der Waals surface area contributed by atoms with E-state index in [1.54, 1.807) is 67.6 Å². The highest BCUT2D eigenvalue weighted by Crippen LogP contribution is 2.47. The molecule has 0 aliphatic rings. The first-order valence-corrected chi connectivity index (χ1v) is 36.3. The van der Waals surface area contributed by atoms with Crippen molar-refractivity contribution in [2.24, 2.45) is 0 Å². The van der Waals surface area contributed by atoms with Crippen LogP contribution < -0.4 is 19.6 Å². The Balaban J connectivity index is 0.000000179. The van der Waals surface area contributed by atoms with Crippen LogP contribution in [0.25, 0.3) is 44.5 Å². The Labute approximate surface area is 666 Å². The zero-order valence-corrected chi connectivity index (χ0v) is 66.2. The molecule has 12 rings (SSSR count). The second-order valence-corrected chi connectivity index (χ2v) is 28.8. The van der Waals surface area contributed by atoms with Gasteiger partial charge in [-0.1, -0.05) is 120 Å². The highest BCUT2D eigenvalue weighted by atomic mass is 19.4. The van der Waals surface area contributed by atoms with Crippen molar-refractivity contribution < 1.29 is 87.8 Å². The van der Waals surface area contributed by atoms with Gasteiger partial charge in [-0.3, -0.25) is 0 Å². The molecule has 12 aromatic carbocycles. The highest BCUT2D eigenvalue weighted by molar-refractivity contribution is 5.79. The molecule has 0 fully saturated rings. The molecule has 0 saturated heterocycles. The van der Waals surface area contributed by atoms with Gasteiger partial charge in [0.25, 0.3) is 0 Å². The molecule has 0 aliphatic carbocycles. The lowest BCUT2D eigenvalue weighted by molar-refractivity contribution is -0.138. The van der Waals surface area contributed by atoms with Crippen LogP contribution in [0.1, 0.15) is 94.6 Å². The van der Waals surface area contributed by atoms with E-state index in [0.29, 0.717) is 39.4 Å². The summed E-state index contributed by atoms with van der Waals surface area (Å²) in [5.74, 6) is -0.617. The summed E-state index contributed by atoms with van der Waals surface area (Å²) in [5, 5.41) is 0. The van der Waals surface area contributed by atoms with Crippen molar-refractivity contribution in [3.05, 3.63) is 331 Å². The average molecular weight is 1640 g/mol. The molecule has 0 unspecified atom stereocenters. The van der Waals surface area contributed by atoms with E-state index in [-0.39, 0.29) is 78.8 Å². The minimum Gasteiger partial charge on any atom is -0.344 e. The summed E-state index contributed by atoms with van der Waals surface area (Å²) in [5.41, 5.74) is 7.02. The summed E-state index contributed by atoms with van der Waals surface area (Å²) in [6.45, 7) is 19.1. The Kier molecular flexibility index (Phi) is 26.8. The Morgan fingerprint density at radius 1 is 0.179 bits per heavy atom. The third-order valence-electron chi connectivity index (χ3n) is 20.3. The molecule has 24 heteroatoms. The lowest BCUT2D eigenvalue weighted by atomic mass is 9.97. The van der Waals surface area contributed by atoms with Crippen molar-refractivity contribution >= 4 is 45.5 Å². The molecule has 0 heterocycles. The van der Waals surface area contributed by atoms with Crippen LogP contribution in [0.3, 0.4) is 0 Å². The van der Waals surface area contributed by atoms with Crippen LogP contribution in [0.2, 0.25) is 0 Å². The number of benzene rings is 12. The third kappa shape index (κ3) is 21.6. The quantitative estimate of drug-likeness (QED) is 0.113. The molecule has 0 spiro atoms. The summed E-state index contributed by atoms with van der Waals surface area (Å²) in [7, 11) is 6.42. The van der Waals surface area contributed by atoms with Gasteiger partial charge < -0.3 is 19.6 Å². The molecule has 0 saturated carbocycles. The summed E-state index contributed by atoms with van der Waals surface area (Å²) in [4.78, 5) is 6.09. The largest absolute Gasteiger partial charge is 0.418 e. The maximum absolute atomic E-state index is 14.7. The van der Waals surface area contributed by atoms with Gasteiger partial charge in [0.2, 0.25) is 0 Å². The van der Waals surface area contributed by atoms with Crippen LogP contribution in [-0.4, -0.2) is 28.2 Å². The zero-order chi connectivity index (χ0) is 86.7. The minimum atomic E-state index is -4.68. The summed E-state index contributed by atoms with van der Waals surface area (Å²) in [6.07, 6.45) is -27.8. The predicted octanol–water partition coefficient (Wildman–Crippen LogP) is 30.3. The lowest BCUT2D eigenvalue weighted by Gasteiger charge is -2.26. The molecule has 0 aliphatic heterocycles. The fourth-order valence-corrected chi connectivity index (χ4v) is 13.1. The first-order valence-electron chi connectivity index (χ1n) is 36.3. The van der Waals surface area contributed by atoms with Gasteiger partial charge in [0, 0.05) is 50.9 Å². The molecule has 0 N–H and O–H groups in total. The lowest BCUT2D eigenvalue weighted by Crippen LogP contribution is -2.17.